The minimum Gasteiger partial charge on any atom is -0.316 e. The minimum atomic E-state index is -4.81. The van der Waals surface area contributed by atoms with E-state index in [4.69, 9.17) is 11.0 Å². The van der Waals surface area contributed by atoms with Crippen molar-refractivity contribution in [2.75, 3.05) is 13.0 Å². The van der Waals surface area contributed by atoms with Crippen LogP contribution < -0.4 is 5.32 Å². The van der Waals surface area contributed by atoms with Crippen molar-refractivity contribution in [1.29, 1.82) is 0 Å². The van der Waals surface area contributed by atoms with Crippen LogP contribution in [0, 0.1) is 0 Å². The number of nitrogens with one attached hydrogen (secondary N) is 1. The number of rotatable bonds is 0. The molecule has 48 valence electrons. The predicted octanol–water partition coefficient (Wildman–Crippen LogP) is 1.01. The average molecular weight is 129 g/mol. The average Bonchev–Trinajstić information content (AvgIpc) is 1.98. The summed E-state index contributed by atoms with van der Waals surface area (Å²) in [5.74, 6) is -4.81. The first-order valence-corrected chi connectivity index (χ1v) is 1.88. The maximum absolute atomic E-state index is 13.5. The molecule has 0 aromatic heterocycles. The third kappa shape index (κ3) is 1.40. The molecule has 0 spiro atoms. The number of piperidine rings is 1. The first kappa shape index (κ1) is 1.45. The Morgan fingerprint density at radius 2 is 1.88 bits per heavy atom. The molecule has 3 heteroatoms. The van der Waals surface area contributed by atoms with E-state index in [1.807, 2.05) is 0 Å². The molecule has 0 unspecified atom stereocenters. The Kier molecular flexibility index (Phi) is 0.358. The van der Waals surface area contributed by atoms with Gasteiger partial charge in [0.05, 0.1) is 0 Å². The highest BCUT2D eigenvalue weighted by molar-refractivity contribution is 4.73. The Labute approximate surface area is 58.3 Å². The molecule has 0 radical (unpaired) electrons. The third-order valence-electron chi connectivity index (χ3n) is 0.564. The molecule has 1 fully saturated rings. The van der Waals surface area contributed by atoms with Crippen LogP contribution in [0.25, 0.3) is 0 Å². The lowest BCUT2D eigenvalue weighted by Crippen LogP contribution is -2.35. The largest absolute Gasteiger partial charge is 0.316 e. The van der Waals surface area contributed by atoms with Gasteiger partial charge in [-0.3, -0.25) is 0 Å². The molecular weight excluding hydrogens is 112 g/mol. The fraction of sp³-hybridized carbons (Fsp3) is 1.00. The van der Waals surface area contributed by atoms with E-state index < -0.39 is 31.7 Å². The molecule has 1 saturated heterocycles. The zero-order valence-electron chi connectivity index (χ0n) is 11.8. The molecule has 1 aliphatic heterocycles. The van der Waals surface area contributed by atoms with Crippen LogP contribution >= 0.6 is 0 Å². The first-order chi connectivity index (χ1) is 6.71. The molecule has 1 heterocycles. The molecule has 0 aliphatic carbocycles. The summed E-state index contributed by atoms with van der Waals surface area (Å²) in [7, 11) is 0. The van der Waals surface area contributed by atoms with Gasteiger partial charge in [0.2, 0.25) is 0 Å². The van der Waals surface area contributed by atoms with Gasteiger partial charge in [0.25, 0.3) is 5.92 Å². The van der Waals surface area contributed by atoms with E-state index in [0.29, 0.717) is 0 Å². The topological polar surface area (TPSA) is 12.0 Å². The van der Waals surface area contributed by atoms with Crippen LogP contribution in [0.1, 0.15) is 23.7 Å². The third-order valence-corrected chi connectivity index (χ3v) is 0.564. The van der Waals surface area contributed by atoms with Crippen LogP contribution in [0.5, 0.6) is 0 Å². The lowest BCUT2D eigenvalue weighted by molar-refractivity contribution is -0.0274. The normalized spacial score (nSPS) is 67.8. The molecule has 0 aromatic rings. The molecule has 1 rings (SSSR count). The number of halogens is 2. The second-order valence-electron chi connectivity index (χ2n) is 1.20. The fourth-order valence-corrected chi connectivity index (χ4v) is 0.282. The first-order valence-electron chi connectivity index (χ1n) is 5.88. The van der Waals surface area contributed by atoms with Gasteiger partial charge in [0.1, 0.15) is 0 Å². The summed E-state index contributed by atoms with van der Waals surface area (Å²) >= 11 is 0. The Bertz CT molecular complexity index is 286. The Balaban J connectivity index is 3.43. The lowest BCUT2D eigenvalue weighted by atomic mass is 10.1. The molecule has 0 atom stereocenters. The number of hydrogen-bond donors (Lipinski definition) is 1. The highest BCUT2D eigenvalue weighted by Crippen LogP contribution is 2.23. The van der Waals surface area contributed by atoms with Gasteiger partial charge in [-0.05, 0) is 0 Å². The van der Waals surface area contributed by atoms with Crippen LogP contribution in [0.15, 0.2) is 0 Å². The minimum absolute atomic E-state index is 1.30. The maximum Gasteiger partial charge on any atom is 0.250 e. The second-order valence-corrected chi connectivity index (χ2v) is 1.20. The lowest BCUT2D eigenvalue weighted by Gasteiger charge is -2.21. The zero-order chi connectivity index (χ0) is 13.2. The van der Waals surface area contributed by atoms with Crippen molar-refractivity contribution in [1.82, 2.24) is 5.32 Å². The summed E-state index contributed by atoms with van der Waals surface area (Å²) in [5.41, 5.74) is 0. The molecule has 1 N–H and O–H groups in total. The van der Waals surface area contributed by atoms with Gasteiger partial charge in [0, 0.05) is 36.7 Å². The van der Waals surface area contributed by atoms with Gasteiger partial charge in [-0.15, -0.1) is 0 Å². The molecule has 1 aliphatic rings. The zero-order valence-corrected chi connectivity index (χ0v) is 3.76. The van der Waals surface area contributed by atoms with E-state index in [9.17, 15) is 8.78 Å². The molecule has 0 aromatic carbocycles. The highest BCUT2D eigenvalue weighted by Gasteiger charge is 2.30. The highest BCUT2D eigenvalue weighted by atomic mass is 19.3. The van der Waals surface area contributed by atoms with Gasteiger partial charge >= 0.3 is 0 Å². The van der Waals surface area contributed by atoms with Crippen LogP contribution in [-0.2, 0) is 0 Å². The summed E-state index contributed by atoms with van der Waals surface area (Å²) < 4.78 is 82.8. The van der Waals surface area contributed by atoms with E-state index in [-0.39, 0.29) is 0 Å². The van der Waals surface area contributed by atoms with Crippen molar-refractivity contribution in [3.63, 3.8) is 0 Å². The molecule has 1 nitrogen and oxygen atoms in total. The molecule has 0 saturated carbocycles. The standard InChI is InChI=1S/C5H9F2N/c6-5(7)1-3-8-4-2-5/h8H,1-4H2/i1D2,2D2,3D2,4D2. The van der Waals surface area contributed by atoms with Crippen LogP contribution in [0.2, 0.25) is 0 Å². The van der Waals surface area contributed by atoms with E-state index in [0.717, 1.165) is 0 Å². The van der Waals surface area contributed by atoms with Crippen molar-refractivity contribution in [2.24, 2.45) is 0 Å². The second kappa shape index (κ2) is 1.97. The van der Waals surface area contributed by atoms with Gasteiger partial charge in [0.15, 0.2) is 0 Å². The van der Waals surface area contributed by atoms with E-state index in [1.54, 1.807) is 0 Å². The van der Waals surface area contributed by atoms with Gasteiger partial charge in [-0.1, -0.05) is 0 Å². The quantitative estimate of drug-likeness (QED) is 0.514. The van der Waals surface area contributed by atoms with Crippen molar-refractivity contribution in [2.45, 2.75) is 18.7 Å². The molecule has 0 amide bonds. The number of hydrogen-bond acceptors (Lipinski definition) is 1. The van der Waals surface area contributed by atoms with E-state index >= 15 is 0 Å². The van der Waals surface area contributed by atoms with E-state index in [2.05, 4.69) is 0 Å². The van der Waals surface area contributed by atoms with Crippen molar-refractivity contribution < 1.29 is 19.7 Å². The summed E-state index contributed by atoms with van der Waals surface area (Å²) in [5, 5.41) is 1.30. The monoisotopic (exact) mass is 129 g/mol. The molecule has 0 bridgehead atoms. The van der Waals surface area contributed by atoms with Gasteiger partial charge in [-0.2, -0.15) is 0 Å². The van der Waals surface area contributed by atoms with Crippen LogP contribution in [0.3, 0.4) is 0 Å². The van der Waals surface area contributed by atoms with Crippen molar-refractivity contribution in [3.05, 3.63) is 0 Å². The smallest absolute Gasteiger partial charge is 0.250 e. The summed E-state index contributed by atoms with van der Waals surface area (Å²) in [6.45, 7) is -6.77. The van der Waals surface area contributed by atoms with Crippen LogP contribution in [-0.4, -0.2) is 18.9 Å². The van der Waals surface area contributed by atoms with Gasteiger partial charge in [-0.25, -0.2) is 8.78 Å². The van der Waals surface area contributed by atoms with Gasteiger partial charge < -0.3 is 5.32 Å². The summed E-state index contributed by atoms with van der Waals surface area (Å²) in [4.78, 5) is 0. The predicted molar refractivity (Wildman–Crippen MR) is 27.1 cm³/mol. The van der Waals surface area contributed by atoms with Crippen LogP contribution in [0.4, 0.5) is 8.78 Å². The van der Waals surface area contributed by atoms with Crippen molar-refractivity contribution >= 4 is 0 Å². The maximum atomic E-state index is 13.5. The SMILES string of the molecule is [2H]C1([2H])NC([2H])([2H])C([2H])([2H])C(F)(F)C1([2H])[2H]. The fourth-order valence-electron chi connectivity index (χ4n) is 0.282. The Morgan fingerprint density at radius 3 is 2.38 bits per heavy atom. The Hall–Kier alpha value is -0.180. The summed E-state index contributed by atoms with van der Waals surface area (Å²) in [6, 6.07) is 0. The van der Waals surface area contributed by atoms with Crippen molar-refractivity contribution in [3.8, 4) is 0 Å². The number of alkyl halides is 2. The summed E-state index contributed by atoms with van der Waals surface area (Å²) in [6.07, 6.45) is -7.73. The van der Waals surface area contributed by atoms with E-state index in [1.165, 1.54) is 5.32 Å². The Morgan fingerprint density at radius 1 is 1.38 bits per heavy atom. The molecule has 8 heavy (non-hydrogen) atoms. The molecular formula is C5H9F2N.